The number of nitrogens with zero attached hydrogens (tertiary/aromatic N) is 2. The van der Waals surface area contributed by atoms with Crippen LogP contribution in [0, 0.1) is 0 Å². The molecule has 1 aliphatic heterocycles. The summed E-state index contributed by atoms with van der Waals surface area (Å²) in [6.07, 6.45) is 6.23. The van der Waals surface area contributed by atoms with Crippen LogP contribution in [0.5, 0.6) is 0 Å². The van der Waals surface area contributed by atoms with Crippen LogP contribution in [-0.4, -0.2) is 54.6 Å². The standard InChI is InChI=1S/C12H25N3S/c1-14(10-7-12(13)16)9-6-11-5-3-4-8-15(11)2/h11H,3-10H2,1-2H3,(H2,13,16). The lowest BCUT2D eigenvalue weighted by atomic mass is 10.00. The Balaban J connectivity index is 2.14. The molecule has 0 bridgehead atoms. The van der Waals surface area contributed by atoms with Crippen molar-refractivity contribution in [1.29, 1.82) is 0 Å². The minimum atomic E-state index is 0.627. The van der Waals surface area contributed by atoms with E-state index in [-0.39, 0.29) is 0 Å². The first kappa shape index (κ1) is 13.9. The maximum absolute atomic E-state index is 5.50. The summed E-state index contributed by atoms with van der Waals surface area (Å²) < 4.78 is 0. The summed E-state index contributed by atoms with van der Waals surface area (Å²) in [4.78, 5) is 5.47. The molecule has 1 aliphatic rings. The Morgan fingerprint density at radius 3 is 2.81 bits per heavy atom. The van der Waals surface area contributed by atoms with Gasteiger partial charge in [0, 0.05) is 19.0 Å². The smallest absolute Gasteiger partial charge is 0.0740 e. The van der Waals surface area contributed by atoms with Gasteiger partial charge in [-0.25, -0.2) is 0 Å². The van der Waals surface area contributed by atoms with Crippen LogP contribution in [0.3, 0.4) is 0 Å². The average molecular weight is 243 g/mol. The van der Waals surface area contributed by atoms with E-state index in [0.717, 1.165) is 25.6 Å². The summed E-state index contributed by atoms with van der Waals surface area (Å²) in [5.41, 5.74) is 5.50. The van der Waals surface area contributed by atoms with Gasteiger partial charge in [0.2, 0.25) is 0 Å². The van der Waals surface area contributed by atoms with Gasteiger partial charge in [0.1, 0.15) is 0 Å². The van der Waals surface area contributed by atoms with E-state index >= 15 is 0 Å². The molecule has 3 nitrogen and oxygen atoms in total. The molecule has 1 atom stereocenters. The number of piperidine rings is 1. The van der Waals surface area contributed by atoms with E-state index in [4.69, 9.17) is 18.0 Å². The Morgan fingerprint density at radius 1 is 1.44 bits per heavy atom. The lowest BCUT2D eigenvalue weighted by Gasteiger charge is -2.33. The summed E-state index contributed by atoms with van der Waals surface area (Å²) >= 11 is 4.88. The zero-order chi connectivity index (χ0) is 12.0. The topological polar surface area (TPSA) is 32.5 Å². The van der Waals surface area contributed by atoms with Crippen molar-refractivity contribution in [2.75, 3.05) is 33.7 Å². The number of thiocarbonyl (C=S) groups is 1. The summed E-state index contributed by atoms with van der Waals surface area (Å²) in [6, 6.07) is 0.779. The van der Waals surface area contributed by atoms with E-state index < -0.39 is 0 Å². The lowest BCUT2D eigenvalue weighted by molar-refractivity contribution is 0.161. The number of hydrogen-bond acceptors (Lipinski definition) is 3. The Labute approximate surface area is 105 Å². The highest BCUT2D eigenvalue weighted by Gasteiger charge is 2.18. The van der Waals surface area contributed by atoms with Crippen molar-refractivity contribution >= 4 is 17.2 Å². The molecule has 94 valence electrons. The molecule has 0 aliphatic carbocycles. The van der Waals surface area contributed by atoms with E-state index in [0.29, 0.717) is 4.99 Å². The number of rotatable bonds is 6. The van der Waals surface area contributed by atoms with Crippen molar-refractivity contribution in [2.45, 2.75) is 38.1 Å². The quantitative estimate of drug-likeness (QED) is 0.716. The zero-order valence-electron chi connectivity index (χ0n) is 10.6. The fourth-order valence-corrected chi connectivity index (χ4v) is 2.38. The average Bonchev–Trinajstić information content (AvgIpc) is 2.25. The molecule has 1 unspecified atom stereocenters. The number of hydrogen-bond donors (Lipinski definition) is 1. The minimum absolute atomic E-state index is 0.627. The van der Waals surface area contributed by atoms with Gasteiger partial charge in [-0.3, -0.25) is 0 Å². The second-order valence-corrected chi connectivity index (χ2v) is 5.46. The van der Waals surface area contributed by atoms with Gasteiger partial charge in [0.05, 0.1) is 4.99 Å². The molecule has 2 N–H and O–H groups in total. The third-order valence-electron chi connectivity index (χ3n) is 3.51. The Hall–Kier alpha value is -0.190. The summed E-state index contributed by atoms with van der Waals surface area (Å²) in [5.74, 6) is 0. The molecule has 1 heterocycles. The lowest BCUT2D eigenvalue weighted by Crippen LogP contribution is -2.38. The first-order valence-electron chi connectivity index (χ1n) is 6.26. The fraction of sp³-hybridized carbons (Fsp3) is 0.917. The molecule has 0 spiro atoms. The van der Waals surface area contributed by atoms with Gasteiger partial charge >= 0.3 is 0 Å². The molecule has 1 rings (SSSR count). The summed E-state index contributed by atoms with van der Waals surface area (Å²) in [7, 11) is 4.40. The molecular weight excluding hydrogens is 218 g/mol. The molecular formula is C12H25N3S. The highest BCUT2D eigenvalue weighted by molar-refractivity contribution is 7.80. The van der Waals surface area contributed by atoms with Gasteiger partial charge < -0.3 is 15.5 Å². The van der Waals surface area contributed by atoms with Crippen LogP contribution >= 0.6 is 12.2 Å². The highest BCUT2D eigenvalue weighted by atomic mass is 32.1. The van der Waals surface area contributed by atoms with Crippen molar-refractivity contribution in [3.05, 3.63) is 0 Å². The van der Waals surface area contributed by atoms with Crippen LogP contribution in [0.4, 0.5) is 0 Å². The third-order valence-corrected chi connectivity index (χ3v) is 3.71. The summed E-state index contributed by atoms with van der Waals surface area (Å²) in [6.45, 7) is 3.41. The van der Waals surface area contributed by atoms with Gasteiger partial charge in [0.15, 0.2) is 0 Å². The second-order valence-electron chi connectivity index (χ2n) is 4.94. The second kappa shape index (κ2) is 7.20. The SMILES string of the molecule is CN(CCC(N)=S)CCC1CCCCN1C. The molecule has 0 amide bonds. The van der Waals surface area contributed by atoms with Crippen molar-refractivity contribution in [2.24, 2.45) is 5.73 Å². The van der Waals surface area contributed by atoms with Crippen LogP contribution in [-0.2, 0) is 0 Å². The molecule has 0 aromatic heterocycles. The Bertz CT molecular complexity index is 220. The van der Waals surface area contributed by atoms with Crippen LogP contribution in [0.25, 0.3) is 0 Å². The maximum atomic E-state index is 5.50. The minimum Gasteiger partial charge on any atom is -0.393 e. The largest absolute Gasteiger partial charge is 0.393 e. The molecule has 0 aromatic carbocycles. The highest BCUT2D eigenvalue weighted by Crippen LogP contribution is 2.17. The molecule has 16 heavy (non-hydrogen) atoms. The molecule has 0 radical (unpaired) electrons. The van der Waals surface area contributed by atoms with Crippen LogP contribution in [0.15, 0.2) is 0 Å². The van der Waals surface area contributed by atoms with E-state index in [1.807, 2.05) is 0 Å². The van der Waals surface area contributed by atoms with Gasteiger partial charge in [-0.05, 0) is 46.4 Å². The molecule has 1 fully saturated rings. The predicted molar refractivity (Wildman–Crippen MR) is 73.8 cm³/mol. The molecule has 4 heteroatoms. The zero-order valence-corrected chi connectivity index (χ0v) is 11.4. The van der Waals surface area contributed by atoms with Crippen molar-refractivity contribution in [3.8, 4) is 0 Å². The first-order valence-corrected chi connectivity index (χ1v) is 6.67. The predicted octanol–water partition coefficient (Wildman–Crippen LogP) is 1.47. The van der Waals surface area contributed by atoms with Gasteiger partial charge in [-0.15, -0.1) is 0 Å². The van der Waals surface area contributed by atoms with Gasteiger partial charge in [-0.2, -0.15) is 0 Å². The number of nitrogens with two attached hydrogens (primary N) is 1. The summed E-state index contributed by atoms with van der Waals surface area (Å²) in [5, 5.41) is 0. The number of likely N-dealkylation sites (tertiary alicyclic amines) is 1. The van der Waals surface area contributed by atoms with Crippen LogP contribution in [0.1, 0.15) is 32.1 Å². The monoisotopic (exact) mass is 243 g/mol. The van der Waals surface area contributed by atoms with Crippen molar-refractivity contribution in [1.82, 2.24) is 9.80 Å². The normalized spacial score (nSPS) is 22.6. The van der Waals surface area contributed by atoms with E-state index in [1.54, 1.807) is 0 Å². The van der Waals surface area contributed by atoms with Gasteiger partial charge in [0.25, 0.3) is 0 Å². The van der Waals surface area contributed by atoms with E-state index in [9.17, 15) is 0 Å². The van der Waals surface area contributed by atoms with Gasteiger partial charge in [-0.1, -0.05) is 18.6 Å². The first-order chi connectivity index (χ1) is 7.59. The van der Waals surface area contributed by atoms with Crippen LogP contribution in [0.2, 0.25) is 0 Å². The molecule has 0 aromatic rings. The Kier molecular flexibility index (Phi) is 6.24. The van der Waals surface area contributed by atoms with E-state index in [1.165, 1.54) is 32.2 Å². The fourth-order valence-electron chi connectivity index (χ4n) is 2.29. The molecule has 1 saturated heterocycles. The maximum Gasteiger partial charge on any atom is 0.0740 e. The Morgan fingerprint density at radius 2 is 2.19 bits per heavy atom. The van der Waals surface area contributed by atoms with Crippen LogP contribution < -0.4 is 5.73 Å². The van der Waals surface area contributed by atoms with Crippen molar-refractivity contribution < 1.29 is 0 Å². The third kappa shape index (κ3) is 5.23. The molecule has 0 saturated carbocycles. The van der Waals surface area contributed by atoms with E-state index in [2.05, 4.69) is 23.9 Å². The van der Waals surface area contributed by atoms with Crippen molar-refractivity contribution in [3.63, 3.8) is 0 Å².